The molecule has 2 heterocycles. The van der Waals surface area contributed by atoms with Crippen molar-refractivity contribution in [1.29, 1.82) is 0 Å². The summed E-state index contributed by atoms with van der Waals surface area (Å²) in [6.07, 6.45) is -2.34. The van der Waals surface area contributed by atoms with E-state index in [1.165, 1.54) is 19.2 Å². The fourth-order valence-electron chi connectivity index (χ4n) is 3.06. The first-order chi connectivity index (χ1) is 11.8. The van der Waals surface area contributed by atoms with E-state index in [2.05, 4.69) is 9.72 Å². The van der Waals surface area contributed by atoms with Crippen LogP contribution in [-0.2, 0) is 13.5 Å². The summed E-state index contributed by atoms with van der Waals surface area (Å²) in [5.74, 6) is 0.235. The van der Waals surface area contributed by atoms with Crippen LogP contribution in [0.1, 0.15) is 12.6 Å². The van der Waals surface area contributed by atoms with E-state index < -0.39 is 6.36 Å². The minimum atomic E-state index is -4.72. The molecule has 0 spiro atoms. The summed E-state index contributed by atoms with van der Waals surface area (Å²) in [7, 11) is 3.42. The summed E-state index contributed by atoms with van der Waals surface area (Å²) < 4.78 is 48.8. The fraction of sp³-hybridized carbons (Fsp3) is 0.278. The molecule has 25 heavy (non-hydrogen) atoms. The predicted octanol–water partition coefficient (Wildman–Crippen LogP) is 4.71. The highest BCUT2D eigenvalue weighted by molar-refractivity contribution is 5.98. The first-order valence-corrected chi connectivity index (χ1v) is 7.71. The van der Waals surface area contributed by atoms with E-state index in [4.69, 9.17) is 4.74 Å². The highest BCUT2D eigenvalue weighted by Crippen LogP contribution is 2.37. The Balaban J connectivity index is 2.21. The van der Waals surface area contributed by atoms with Gasteiger partial charge in [-0.15, -0.1) is 13.2 Å². The number of methoxy groups -OCH3 is 1. The molecular formula is C18H17F3N2O2. The van der Waals surface area contributed by atoms with E-state index in [0.717, 1.165) is 28.8 Å². The lowest BCUT2D eigenvalue weighted by molar-refractivity contribution is -0.274. The molecule has 0 unspecified atom stereocenters. The predicted molar refractivity (Wildman–Crippen MR) is 88.8 cm³/mol. The van der Waals surface area contributed by atoms with Gasteiger partial charge in [0.25, 0.3) is 0 Å². The average Bonchev–Trinajstić information content (AvgIpc) is 2.85. The molecule has 0 saturated carbocycles. The molecule has 7 heteroatoms. The number of pyridine rings is 1. The molecule has 2 aromatic heterocycles. The Hall–Kier alpha value is -2.70. The second kappa shape index (κ2) is 6.31. The normalized spacial score (nSPS) is 11.8. The zero-order valence-corrected chi connectivity index (χ0v) is 14.0. The molecule has 0 aliphatic heterocycles. The number of rotatable bonds is 4. The van der Waals surface area contributed by atoms with E-state index in [-0.39, 0.29) is 5.75 Å². The number of ether oxygens (including phenoxy) is 2. The van der Waals surface area contributed by atoms with Gasteiger partial charge in [0.15, 0.2) is 0 Å². The van der Waals surface area contributed by atoms with Crippen LogP contribution in [0.25, 0.3) is 22.0 Å². The average molecular weight is 350 g/mol. The topological polar surface area (TPSA) is 36.3 Å². The second-order valence-corrected chi connectivity index (χ2v) is 5.55. The maximum Gasteiger partial charge on any atom is 0.573 e. The van der Waals surface area contributed by atoms with Crippen molar-refractivity contribution in [2.75, 3.05) is 7.11 Å². The summed E-state index contributed by atoms with van der Waals surface area (Å²) in [5, 5.41) is 0.688. The van der Waals surface area contributed by atoms with E-state index in [0.29, 0.717) is 11.3 Å². The summed E-state index contributed by atoms with van der Waals surface area (Å²) in [5.41, 5.74) is 3.50. The number of benzene rings is 1. The maximum absolute atomic E-state index is 12.5. The molecule has 0 saturated heterocycles. The highest BCUT2D eigenvalue weighted by Gasteiger charge is 2.31. The standard InChI is InChI=1S/C18H17F3N2O2/c1-4-14-17(11-5-8-16(24-3)22-10-11)13-9-12(25-18(19,20)21)6-7-15(13)23(14)2/h5-10H,4H2,1-3H3. The zero-order chi connectivity index (χ0) is 18.2. The van der Waals surface area contributed by atoms with Crippen molar-refractivity contribution in [2.24, 2.45) is 7.05 Å². The SMILES string of the molecule is CCc1c(-c2ccc(OC)nc2)c2cc(OC(F)(F)F)ccc2n1C. The number of aromatic nitrogens is 2. The maximum atomic E-state index is 12.5. The number of halogens is 3. The molecule has 0 aliphatic carbocycles. The first kappa shape index (κ1) is 17.1. The largest absolute Gasteiger partial charge is 0.573 e. The zero-order valence-electron chi connectivity index (χ0n) is 14.0. The van der Waals surface area contributed by atoms with Gasteiger partial charge in [-0.3, -0.25) is 0 Å². The smallest absolute Gasteiger partial charge is 0.481 e. The van der Waals surface area contributed by atoms with E-state index in [1.807, 2.05) is 24.6 Å². The lowest BCUT2D eigenvalue weighted by Gasteiger charge is -2.09. The summed E-state index contributed by atoms with van der Waals surface area (Å²) in [6.45, 7) is 2.00. The van der Waals surface area contributed by atoms with Gasteiger partial charge < -0.3 is 14.0 Å². The minimum absolute atomic E-state index is 0.240. The van der Waals surface area contributed by atoms with E-state index in [9.17, 15) is 13.2 Å². The quantitative estimate of drug-likeness (QED) is 0.684. The number of fused-ring (bicyclic) bond motifs is 1. The third kappa shape index (κ3) is 3.26. The molecule has 0 amide bonds. The van der Waals surface area contributed by atoms with Gasteiger partial charge in [0.1, 0.15) is 5.75 Å². The van der Waals surface area contributed by atoms with Crippen LogP contribution >= 0.6 is 0 Å². The van der Waals surface area contributed by atoms with Crippen LogP contribution in [0, 0.1) is 0 Å². The lowest BCUT2D eigenvalue weighted by Crippen LogP contribution is -2.16. The van der Waals surface area contributed by atoms with Crippen LogP contribution in [0.15, 0.2) is 36.5 Å². The molecule has 0 fully saturated rings. The fourth-order valence-corrected chi connectivity index (χ4v) is 3.06. The molecule has 0 atom stereocenters. The highest BCUT2D eigenvalue weighted by atomic mass is 19.4. The number of hydrogen-bond donors (Lipinski definition) is 0. The molecule has 4 nitrogen and oxygen atoms in total. The van der Waals surface area contributed by atoms with Gasteiger partial charge >= 0.3 is 6.36 Å². The third-order valence-electron chi connectivity index (χ3n) is 4.09. The van der Waals surface area contributed by atoms with Gasteiger partial charge in [-0.25, -0.2) is 4.98 Å². The summed E-state index contributed by atoms with van der Waals surface area (Å²) >= 11 is 0. The molecule has 1 aromatic carbocycles. The number of aryl methyl sites for hydroxylation is 1. The van der Waals surface area contributed by atoms with Gasteiger partial charge in [-0.05, 0) is 30.7 Å². The Labute approximate surface area is 142 Å². The van der Waals surface area contributed by atoms with Crippen LogP contribution in [-0.4, -0.2) is 23.0 Å². The van der Waals surface area contributed by atoms with Crippen LogP contribution in [0.5, 0.6) is 11.6 Å². The van der Waals surface area contributed by atoms with E-state index >= 15 is 0 Å². The molecule has 3 aromatic rings. The second-order valence-electron chi connectivity index (χ2n) is 5.55. The molecular weight excluding hydrogens is 333 g/mol. The molecule has 0 radical (unpaired) electrons. The number of nitrogens with zero attached hydrogens (tertiary/aromatic N) is 2. The Bertz CT molecular complexity index is 899. The molecule has 0 aliphatic rings. The molecule has 3 rings (SSSR count). The Morgan fingerprint density at radius 2 is 1.92 bits per heavy atom. The first-order valence-electron chi connectivity index (χ1n) is 7.71. The van der Waals surface area contributed by atoms with E-state index in [1.54, 1.807) is 18.3 Å². The van der Waals surface area contributed by atoms with Gasteiger partial charge in [-0.2, -0.15) is 0 Å². The Kier molecular flexibility index (Phi) is 4.32. The van der Waals surface area contributed by atoms with Crippen molar-refractivity contribution >= 4 is 10.9 Å². The lowest BCUT2D eigenvalue weighted by atomic mass is 10.0. The van der Waals surface area contributed by atoms with Gasteiger partial charge in [0, 0.05) is 47.0 Å². The van der Waals surface area contributed by atoms with Crippen molar-refractivity contribution in [3.8, 4) is 22.8 Å². The number of alkyl halides is 3. The van der Waals surface area contributed by atoms with Crippen molar-refractivity contribution in [1.82, 2.24) is 9.55 Å². The van der Waals surface area contributed by atoms with Crippen molar-refractivity contribution in [2.45, 2.75) is 19.7 Å². The molecule has 0 N–H and O–H groups in total. The number of hydrogen-bond acceptors (Lipinski definition) is 3. The minimum Gasteiger partial charge on any atom is -0.481 e. The van der Waals surface area contributed by atoms with Crippen molar-refractivity contribution in [3.63, 3.8) is 0 Å². The van der Waals surface area contributed by atoms with Crippen LogP contribution < -0.4 is 9.47 Å². The third-order valence-corrected chi connectivity index (χ3v) is 4.09. The monoisotopic (exact) mass is 350 g/mol. The molecule has 0 bridgehead atoms. The van der Waals surface area contributed by atoms with Gasteiger partial charge in [0.05, 0.1) is 7.11 Å². The van der Waals surface area contributed by atoms with Crippen molar-refractivity contribution < 1.29 is 22.6 Å². The van der Waals surface area contributed by atoms with Gasteiger partial charge in [0.2, 0.25) is 5.88 Å². The van der Waals surface area contributed by atoms with Crippen LogP contribution in [0.4, 0.5) is 13.2 Å². The Morgan fingerprint density at radius 1 is 1.16 bits per heavy atom. The summed E-state index contributed by atoms with van der Waals surface area (Å²) in [6, 6.07) is 7.95. The van der Waals surface area contributed by atoms with Gasteiger partial charge in [-0.1, -0.05) is 6.92 Å². The molecule has 132 valence electrons. The summed E-state index contributed by atoms with van der Waals surface area (Å²) in [4.78, 5) is 4.20. The van der Waals surface area contributed by atoms with Crippen LogP contribution in [0.3, 0.4) is 0 Å². The van der Waals surface area contributed by atoms with Crippen molar-refractivity contribution in [3.05, 3.63) is 42.2 Å². The van der Waals surface area contributed by atoms with Crippen LogP contribution in [0.2, 0.25) is 0 Å². The Morgan fingerprint density at radius 3 is 2.48 bits per heavy atom.